The lowest BCUT2D eigenvalue weighted by Gasteiger charge is -2.14. The molecule has 0 aromatic heterocycles. The number of rotatable bonds is 6. The number of anilines is 2. The van der Waals surface area contributed by atoms with Gasteiger partial charge >= 0.3 is 0 Å². The highest BCUT2D eigenvalue weighted by atomic mass is 35.5. The molecule has 1 saturated carbocycles. The third-order valence-electron chi connectivity index (χ3n) is 5.67. The zero-order valence-corrected chi connectivity index (χ0v) is 18.3. The maximum Gasteiger partial charge on any atom is 0.255 e. The van der Waals surface area contributed by atoms with Gasteiger partial charge in [-0.05, 0) is 53.8 Å². The highest BCUT2D eigenvalue weighted by Gasteiger charge is 2.39. The summed E-state index contributed by atoms with van der Waals surface area (Å²) in [5.41, 5.74) is 3.07. The second-order valence-electron chi connectivity index (χ2n) is 8.05. The molecule has 0 heterocycles. The van der Waals surface area contributed by atoms with Crippen LogP contribution in [0.1, 0.15) is 40.7 Å². The van der Waals surface area contributed by atoms with Gasteiger partial charge in [0.2, 0.25) is 5.91 Å². The van der Waals surface area contributed by atoms with Gasteiger partial charge in [-0.25, -0.2) is 0 Å². The maximum absolute atomic E-state index is 12.7. The summed E-state index contributed by atoms with van der Waals surface area (Å²) in [4.78, 5) is 24.9. The van der Waals surface area contributed by atoms with Crippen LogP contribution in [0.4, 0.5) is 11.4 Å². The van der Waals surface area contributed by atoms with Crippen molar-refractivity contribution >= 4 is 34.8 Å². The van der Waals surface area contributed by atoms with Gasteiger partial charge < -0.3 is 10.6 Å². The first kappa shape index (κ1) is 21.6. The number of hydrogen-bond donors (Lipinski definition) is 2. The Morgan fingerprint density at radius 1 is 1.00 bits per heavy atom. The lowest BCUT2D eigenvalue weighted by molar-refractivity contribution is -0.117. The molecular formula is C26H22ClN3O2. The molecule has 1 aliphatic rings. The summed E-state index contributed by atoms with van der Waals surface area (Å²) in [5, 5.41) is 15.8. The molecule has 6 heteroatoms. The molecule has 0 spiro atoms. The van der Waals surface area contributed by atoms with Gasteiger partial charge in [-0.1, -0.05) is 61.0 Å². The van der Waals surface area contributed by atoms with Gasteiger partial charge in [0.05, 0.1) is 12.0 Å². The fourth-order valence-electron chi connectivity index (χ4n) is 3.67. The fourth-order valence-corrected chi connectivity index (χ4v) is 3.96. The second kappa shape index (κ2) is 9.25. The SMILES string of the molecule is CC1CC1C(=O)Nc1cccc(C(=O)Nc2ccc(C(C#N)c3ccccc3)c(Cl)c2)c1. The number of nitrogens with zero attached hydrogens (tertiary/aromatic N) is 1. The van der Waals surface area contributed by atoms with Crippen LogP contribution in [0.15, 0.2) is 72.8 Å². The molecule has 1 fully saturated rings. The van der Waals surface area contributed by atoms with Gasteiger partial charge in [0, 0.05) is 27.9 Å². The number of benzene rings is 3. The molecule has 2 amide bonds. The van der Waals surface area contributed by atoms with E-state index in [-0.39, 0.29) is 17.7 Å². The van der Waals surface area contributed by atoms with E-state index in [1.54, 1.807) is 42.5 Å². The van der Waals surface area contributed by atoms with E-state index in [2.05, 4.69) is 16.7 Å². The first-order chi connectivity index (χ1) is 15.5. The zero-order chi connectivity index (χ0) is 22.7. The predicted octanol–water partition coefficient (Wildman–Crippen LogP) is 5.84. The molecule has 0 saturated heterocycles. The first-order valence-corrected chi connectivity index (χ1v) is 10.8. The molecule has 1 aliphatic carbocycles. The largest absolute Gasteiger partial charge is 0.326 e. The van der Waals surface area contributed by atoms with Gasteiger partial charge in [-0.15, -0.1) is 0 Å². The van der Waals surface area contributed by atoms with E-state index in [1.165, 1.54) is 0 Å². The van der Waals surface area contributed by atoms with Crippen LogP contribution in [0.2, 0.25) is 5.02 Å². The number of amides is 2. The van der Waals surface area contributed by atoms with Gasteiger partial charge in [0.15, 0.2) is 0 Å². The minimum Gasteiger partial charge on any atom is -0.326 e. The van der Waals surface area contributed by atoms with Gasteiger partial charge in [-0.3, -0.25) is 9.59 Å². The maximum atomic E-state index is 12.7. The highest BCUT2D eigenvalue weighted by molar-refractivity contribution is 6.32. The van der Waals surface area contributed by atoms with Crippen molar-refractivity contribution in [1.82, 2.24) is 0 Å². The molecule has 4 rings (SSSR count). The normalized spacial score (nSPS) is 17.7. The molecule has 3 aromatic rings. The van der Waals surface area contributed by atoms with Crippen LogP contribution in [0.5, 0.6) is 0 Å². The summed E-state index contributed by atoms with van der Waals surface area (Å²) >= 11 is 6.46. The summed E-state index contributed by atoms with van der Waals surface area (Å²) in [7, 11) is 0. The van der Waals surface area contributed by atoms with E-state index in [4.69, 9.17) is 11.6 Å². The number of halogens is 1. The molecular weight excluding hydrogens is 422 g/mol. The Morgan fingerprint density at radius 3 is 2.38 bits per heavy atom. The highest BCUT2D eigenvalue weighted by Crippen LogP contribution is 2.38. The van der Waals surface area contributed by atoms with Crippen molar-refractivity contribution in [3.63, 3.8) is 0 Å². The molecule has 5 nitrogen and oxygen atoms in total. The summed E-state index contributed by atoms with van der Waals surface area (Å²) in [5.74, 6) is -0.353. The van der Waals surface area contributed by atoms with E-state index in [0.717, 1.165) is 12.0 Å². The Balaban J connectivity index is 1.47. The molecule has 0 aliphatic heterocycles. The van der Waals surface area contributed by atoms with Gasteiger partial charge in [-0.2, -0.15) is 5.26 Å². The van der Waals surface area contributed by atoms with Crippen molar-refractivity contribution in [2.45, 2.75) is 19.3 Å². The predicted molar refractivity (Wildman–Crippen MR) is 126 cm³/mol. The Bertz CT molecular complexity index is 1200. The monoisotopic (exact) mass is 443 g/mol. The molecule has 0 radical (unpaired) electrons. The number of nitrogens with one attached hydrogen (secondary N) is 2. The Kier molecular flexibility index (Phi) is 6.25. The average Bonchev–Trinajstić information content (AvgIpc) is 3.53. The summed E-state index contributed by atoms with van der Waals surface area (Å²) in [6.45, 7) is 2.04. The van der Waals surface area contributed by atoms with E-state index in [1.807, 2.05) is 37.3 Å². The Morgan fingerprint density at radius 2 is 1.72 bits per heavy atom. The van der Waals surface area contributed by atoms with Crippen molar-refractivity contribution in [3.8, 4) is 6.07 Å². The van der Waals surface area contributed by atoms with E-state index >= 15 is 0 Å². The summed E-state index contributed by atoms with van der Waals surface area (Å²) < 4.78 is 0. The molecule has 2 N–H and O–H groups in total. The van der Waals surface area contributed by atoms with Crippen LogP contribution in [0.3, 0.4) is 0 Å². The second-order valence-corrected chi connectivity index (χ2v) is 8.46. The smallest absolute Gasteiger partial charge is 0.255 e. The lowest BCUT2D eigenvalue weighted by atomic mass is 9.92. The van der Waals surface area contributed by atoms with Crippen LogP contribution in [-0.2, 0) is 4.79 Å². The summed E-state index contributed by atoms with van der Waals surface area (Å²) in [6, 6.07) is 23.7. The van der Waals surface area contributed by atoms with Crippen LogP contribution in [0, 0.1) is 23.2 Å². The number of hydrogen-bond acceptors (Lipinski definition) is 3. The number of carbonyl (C=O) groups is 2. The first-order valence-electron chi connectivity index (χ1n) is 10.4. The lowest BCUT2D eigenvalue weighted by Crippen LogP contribution is -2.16. The Labute approximate surface area is 192 Å². The molecule has 3 unspecified atom stereocenters. The van der Waals surface area contributed by atoms with Crippen molar-refractivity contribution < 1.29 is 9.59 Å². The van der Waals surface area contributed by atoms with Crippen molar-refractivity contribution in [2.24, 2.45) is 11.8 Å². The van der Waals surface area contributed by atoms with Crippen LogP contribution in [-0.4, -0.2) is 11.8 Å². The minimum atomic E-state index is -0.497. The van der Waals surface area contributed by atoms with Crippen LogP contribution in [0.25, 0.3) is 0 Å². The molecule has 0 bridgehead atoms. The van der Waals surface area contributed by atoms with Crippen molar-refractivity contribution in [1.29, 1.82) is 5.26 Å². The molecule has 160 valence electrons. The van der Waals surface area contributed by atoms with E-state index < -0.39 is 5.92 Å². The quantitative estimate of drug-likeness (QED) is 0.501. The average molecular weight is 444 g/mol. The summed E-state index contributed by atoms with van der Waals surface area (Å²) in [6.07, 6.45) is 0.902. The van der Waals surface area contributed by atoms with E-state index in [0.29, 0.717) is 33.4 Å². The molecule has 3 aromatic carbocycles. The fraction of sp³-hybridized carbons (Fsp3) is 0.192. The van der Waals surface area contributed by atoms with Crippen LogP contribution < -0.4 is 10.6 Å². The standard InChI is InChI=1S/C26H22ClN3O2/c1-16-12-22(16)26(32)30-19-9-5-8-18(13-19)25(31)29-20-10-11-21(24(27)14-20)23(15-28)17-6-3-2-4-7-17/h2-11,13-14,16,22-23H,12H2,1H3,(H,29,31)(H,30,32). The minimum absolute atomic E-state index is 0.0112. The van der Waals surface area contributed by atoms with Gasteiger partial charge in [0.25, 0.3) is 5.91 Å². The zero-order valence-electron chi connectivity index (χ0n) is 17.5. The van der Waals surface area contributed by atoms with Crippen molar-refractivity contribution in [3.05, 3.63) is 94.5 Å². The topological polar surface area (TPSA) is 82.0 Å². The third kappa shape index (κ3) is 4.82. The molecule has 32 heavy (non-hydrogen) atoms. The van der Waals surface area contributed by atoms with Crippen molar-refractivity contribution in [2.75, 3.05) is 10.6 Å². The Hall–Kier alpha value is -3.62. The van der Waals surface area contributed by atoms with Crippen LogP contribution >= 0.6 is 11.6 Å². The third-order valence-corrected chi connectivity index (χ3v) is 6.00. The number of nitriles is 1. The van der Waals surface area contributed by atoms with Gasteiger partial charge in [0.1, 0.15) is 0 Å². The molecule has 3 atom stereocenters. The number of carbonyl (C=O) groups excluding carboxylic acids is 2. The van der Waals surface area contributed by atoms with E-state index in [9.17, 15) is 14.9 Å².